The van der Waals surface area contributed by atoms with E-state index in [4.69, 9.17) is 4.42 Å². The number of nitrogens with one attached hydrogen (secondary N) is 2. The minimum atomic E-state index is -0.394. The zero-order valence-corrected chi connectivity index (χ0v) is 14.4. The maximum atomic E-state index is 12.1. The summed E-state index contributed by atoms with van der Waals surface area (Å²) in [7, 11) is 0. The number of hydrogen-bond donors (Lipinski definition) is 2. The van der Waals surface area contributed by atoms with Gasteiger partial charge in [0.15, 0.2) is 5.82 Å². The Balaban J connectivity index is 1.61. The summed E-state index contributed by atoms with van der Waals surface area (Å²) in [5, 5.41) is 13.2. The lowest BCUT2D eigenvalue weighted by atomic mass is 9.93. The van der Waals surface area contributed by atoms with Crippen LogP contribution in [0.3, 0.4) is 0 Å². The van der Waals surface area contributed by atoms with Crippen LogP contribution in [0, 0.1) is 0 Å². The number of carbonyl (C=O) groups excluding carboxylic acids is 1. The summed E-state index contributed by atoms with van der Waals surface area (Å²) in [6.45, 7) is 6.33. The molecule has 0 saturated heterocycles. The Morgan fingerprint density at radius 1 is 1.24 bits per heavy atom. The summed E-state index contributed by atoms with van der Waals surface area (Å²) in [4.78, 5) is 16.5. The second-order valence-electron chi connectivity index (χ2n) is 6.55. The van der Waals surface area contributed by atoms with Gasteiger partial charge in [0.25, 0.3) is 0 Å². The van der Waals surface area contributed by atoms with Crippen LogP contribution in [-0.4, -0.2) is 26.0 Å². The number of oxazole rings is 1. The Kier molecular flexibility index (Phi) is 4.51. The van der Waals surface area contributed by atoms with Gasteiger partial charge in [-0.2, -0.15) is 4.68 Å². The van der Waals surface area contributed by atoms with Gasteiger partial charge in [-0.25, -0.2) is 9.78 Å². The Labute approximate surface area is 145 Å². The van der Waals surface area contributed by atoms with E-state index in [0.29, 0.717) is 11.7 Å². The van der Waals surface area contributed by atoms with Crippen LogP contribution in [0.4, 0.5) is 10.6 Å². The van der Waals surface area contributed by atoms with E-state index in [1.807, 2.05) is 51.1 Å². The highest BCUT2D eigenvalue weighted by atomic mass is 16.3. The van der Waals surface area contributed by atoms with Gasteiger partial charge < -0.3 is 9.73 Å². The molecular weight excluding hydrogens is 320 g/mol. The van der Waals surface area contributed by atoms with Crippen LogP contribution in [0.5, 0.6) is 0 Å². The monoisotopic (exact) mass is 340 g/mol. The van der Waals surface area contributed by atoms with Gasteiger partial charge in [0.05, 0.1) is 24.1 Å². The fourth-order valence-electron chi connectivity index (χ4n) is 2.13. The third-order valence-corrected chi connectivity index (χ3v) is 3.51. The number of para-hydroxylation sites is 1. The molecule has 2 amide bonds. The molecular formula is C17H20N6O2. The molecule has 0 aliphatic rings. The van der Waals surface area contributed by atoms with Gasteiger partial charge >= 0.3 is 6.03 Å². The first-order chi connectivity index (χ1) is 11.9. The molecule has 0 aliphatic heterocycles. The molecule has 130 valence electrons. The topological polar surface area (TPSA) is 97.9 Å². The third-order valence-electron chi connectivity index (χ3n) is 3.51. The molecule has 3 rings (SSSR count). The second-order valence-corrected chi connectivity index (χ2v) is 6.55. The van der Waals surface area contributed by atoms with Crippen molar-refractivity contribution in [1.82, 2.24) is 25.3 Å². The van der Waals surface area contributed by atoms with Crippen molar-refractivity contribution in [2.45, 2.75) is 32.7 Å². The molecule has 0 fully saturated rings. The lowest BCUT2D eigenvalue weighted by molar-refractivity contribution is 0.250. The van der Waals surface area contributed by atoms with Gasteiger partial charge in [-0.05, 0) is 12.1 Å². The number of aromatic nitrogens is 4. The Morgan fingerprint density at radius 3 is 2.68 bits per heavy atom. The number of amides is 2. The van der Waals surface area contributed by atoms with Gasteiger partial charge in [-0.1, -0.05) is 44.2 Å². The third kappa shape index (κ3) is 4.03. The molecule has 0 atom stereocenters. The zero-order valence-electron chi connectivity index (χ0n) is 14.4. The number of urea groups is 1. The second kappa shape index (κ2) is 6.76. The van der Waals surface area contributed by atoms with Gasteiger partial charge in [-0.3, -0.25) is 5.32 Å². The molecule has 0 radical (unpaired) electrons. The van der Waals surface area contributed by atoms with E-state index in [1.54, 1.807) is 10.9 Å². The van der Waals surface area contributed by atoms with Crippen LogP contribution in [0.1, 0.15) is 32.4 Å². The molecule has 8 heteroatoms. The van der Waals surface area contributed by atoms with Crippen molar-refractivity contribution >= 4 is 11.8 Å². The van der Waals surface area contributed by atoms with Crippen LogP contribution in [-0.2, 0) is 12.0 Å². The van der Waals surface area contributed by atoms with Crippen LogP contribution in [0.15, 0.2) is 47.2 Å². The van der Waals surface area contributed by atoms with Gasteiger partial charge in [0, 0.05) is 5.41 Å². The molecule has 8 nitrogen and oxygen atoms in total. The molecule has 2 N–H and O–H groups in total. The molecule has 3 aromatic rings. The summed E-state index contributed by atoms with van der Waals surface area (Å²) in [5.74, 6) is 0.918. The first-order valence-corrected chi connectivity index (χ1v) is 7.89. The van der Waals surface area contributed by atoms with Crippen molar-refractivity contribution in [2.75, 3.05) is 5.32 Å². The normalized spacial score (nSPS) is 11.3. The van der Waals surface area contributed by atoms with Crippen molar-refractivity contribution in [3.05, 3.63) is 54.4 Å². The number of carbonyl (C=O) groups is 1. The van der Waals surface area contributed by atoms with E-state index in [-0.39, 0.29) is 12.0 Å². The molecule has 2 aromatic heterocycles. The quantitative estimate of drug-likeness (QED) is 0.761. The van der Waals surface area contributed by atoms with E-state index in [0.717, 1.165) is 11.4 Å². The molecule has 0 unspecified atom stereocenters. The number of nitrogens with zero attached hydrogens (tertiary/aromatic N) is 4. The summed E-state index contributed by atoms with van der Waals surface area (Å²) < 4.78 is 6.93. The number of anilines is 1. The van der Waals surface area contributed by atoms with Crippen LogP contribution < -0.4 is 10.6 Å². The van der Waals surface area contributed by atoms with Crippen molar-refractivity contribution in [1.29, 1.82) is 0 Å². The maximum Gasteiger partial charge on any atom is 0.320 e. The molecule has 0 aliphatic carbocycles. The van der Waals surface area contributed by atoms with E-state index in [9.17, 15) is 4.79 Å². The standard InChI is InChI=1S/C17H20N6O2/c1-17(2,3)13-11-25-15(20-13)10-18-16(24)21-14-9-19-22-23(14)12-7-5-4-6-8-12/h4-9,11H,10H2,1-3H3,(H2,18,21,24). The predicted octanol–water partition coefficient (Wildman–Crippen LogP) is 2.87. The summed E-state index contributed by atoms with van der Waals surface area (Å²) in [5.41, 5.74) is 1.55. The molecule has 0 bridgehead atoms. The van der Waals surface area contributed by atoms with E-state index >= 15 is 0 Å². The van der Waals surface area contributed by atoms with Crippen LogP contribution in [0.25, 0.3) is 5.69 Å². The molecule has 2 heterocycles. The van der Waals surface area contributed by atoms with E-state index in [1.165, 1.54) is 6.20 Å². The number of hydrogen-bond acceptors (Lipinski definition) is 5. The molecule has 0 saturated carbocycles. The van der Waals surface area contributed by atoms with Gasteiger partial charge in [0.1, 0.15) is 6.26 Å². The smallest absolute Gasteiger partial charge is 0.320 e. The fourth-order valence-corrected chi connectivity index (χ4v) is 2.13. The minimum absolute atomic E-state index is 0.0993. The van der Waals surface area contributed by atoms with Crippen LogP contribution in [0.2, 0.25) is 0 Å². The van der Waals surface area contributed by atoms with Crippen LogP contribution >= 0.6 is 0 Å². The van der Waals surface area contributed by atoms with Crippen molar-refractivity contribution in [3.8, 4) is 5.69 Å². The first kappa shape index (κ1) is 16.7. The Hall–Kier alpha value is -3.16. The van der Waals surface area contributed by atoms with E-state index in [2.05, 4.69) is 25.9 Å². The SMILES string of the molecule is CC(C)(C)c1coc(CNC(=O)Nc2cnnn2-c2ccccc2)n1. The fraction of sp³-hybridized carbons (Fsp3) is 0.294. The average Bonchev–Trinajstić information content (AvgIpc) is 3.22. The largest absolute Gasteiger partial charge is 0.447 e. The van der Waals surface area contributed by atoms with E-state index < -0.39 is 6.03 Å². The molecule has 0 spiro atoms. The Bertz CT molecular complexity index is 847. The highest BCUT2D eigenvalue weighted by Gasteiger charge is 2.19. The highest BCUT2D eigenvalue weighted by Crippen LogP contribution is 2.21. The van der Waals surface area contributed by atoms with Gasteiger partial charge in [-0.15, -0.1) is 5.10 Å². The van der Waals surface area contributed by atoms with Crippen molar-refractivity contribution < 1.29 is 9.21 Å². The van der Waals surface area contributed by atoms with Crippen molar-refractivity contribution in [2.24, 2.45) is 0 Å². The molecule has 1 aromatic carbocycles. The minimum Gasteiger partial charge on any atom is -0.447 e. The summed E-state index contributed by atoms with van der Waals surface area (Å²) in [6.07, 6.45) is 3.10. The summed E-state index contributed by atoms with van der Waals surface area (Å²) >= 11 is 0. The lowest BCUT2D eigenvalue weighted by Gasteiger charge is -2.13. The predicted molar refractivity (Wildman–Crippen MR) is 92.4 cm³/mol. The number of benzene rings is 1. The maximum absolute atomic E-state index is 12.1. The Morgan fingerprint density at radius 2 is 2.00 bits per heavy atom. The lowest BCUT2D eigenvalue weighted by Crippen LogP contribution is -2.29. The number of rotatable bonds is 4. The first-order valence-electron chi connectivity index (χ1n) is 7.89. The van der Waals surface area contributed by atoms with Gasteiger partial charge in [0.2, 0.25) is 5.89 Å². The highest BCUT2D eigenvalue weighted by molar-refractivity contribution is 5.88. The molecule has 25 heavy (non-hydrogen) atoms. The summed E-state index contributed by atoms with van der Waals surface area (Å²) in [6, 6.07) is 9.03. The zero-order chi connectivity index (χ0) is 17.9. The average molecular weight is 340 g/mol. The van der Waals surface area contributed by atoms with Crippen molar-refractivity contribution in [3.63, 3.8) is 0 Å².